The summed E-state index contributed by atoms with van der Waals surface area (Å²) in [6.07, 6.45) is -2.57. The molecule has 0 aromatic rings. The van der Waals surface area contributed by atoms with E-state index in [1.165, 1.54) is 0 Å². The van der Waals surface area contributed by atoms with Crippen LogP contribution in [0.25, 0.3) is 0 Å². The summed E-state index contributed by atoms with van der Waals surface area (Å²) in [6, 6.07) is 0. The summed E-state index contributed by atoms with van der Waals surface area (Å²) in [7, 11) is 0. The first-order chi connectivity index (χ1) is 12.6. The molecule has 0 bridgehead atoms. The van der Waals surface area contributed by atoms with Gasteiger partial charge in [-0.15, -0.1) is 0 Å². The van der Waals surface area contributed by atoms with Crippen molar-refractivity contribution in [3.63, 3.8) is 0 Å². The molecular weight excluding hydrogens is 364 g/mol. The maximum atomic E-state index is 12.0. The summed E-state index contributed by atoms with van der Waals surface area (Å²) in [5, 5.41) is 34.7. The Hall–Kier alpha value is -0.280. The molecule has 28 heavy (non-hydrogen) atoms. The summed E-state index contributed by atoms with van der Waals surface area (Å²) < 4.78 is 24.8. The largest absolute Gasteiger partial charge is 0.390 e. The van der Waals surface area contributed by atoms with Crippen molar-refractivity contribution >= 4 is 0 Å². The average molecular weight is 398 g/mol. The van der Waals surface area contributed by atoms with Crippen LogP contribution in [0.15, 0.2) is 0 Å². The van der Waals surface area contributed by atoms with Crippen LogP contribution in [0.2, 0.25) is 0 Å². The van der Waals surface area contributed by atoms with Crippen molar-refractivity contribution in [3.8, 4) is 0 Å². The molecule has 4 aliphatic heterocycles. The van der Waals surface area contributed by atoms with Gasteiger partial charge in [0, 0.05) is 17.3 Å². The molecule has 0 aromatic heterocycles. The fourth-order valence-corrected chi connectivity index (χ4v) is 8.61. The molecule has 11 atom stereocenters. The summed E-state index contributed by atoms with van der Waals surface area (Å²) in [5.74, 6) is -0.402. The van der Waals surface area contributed by atoms with E-state index in [0.29, 0.717) is 13.0 Å². The Morgan fingerprint density at radius 1 is 1.04 bits per heavy atom. The van der Waals surface area contributed by atoms with Gasteiger partial charge >= 0.3 is 0 Å². The minimum atomic E-state index is -1.21. The zero-order chi connectivity index (χ0) is 19.2. The Balaban J connectivity index is 0.00000171. The van der Waals surface area contributed by atoms with Crippen LogP contribution in [0, 0.1) is 28.1 Å². The second-order valence-corrected chi connectivity index (χ2v) is 10.8. The molecular formula is C21H34O7. The first kappa shape index (κ1) is 19.7. The predicted molar refractivity (Wildman–Crippen MR) is 98.3 cm³/mol. The zero-order valence-electron chi connectivity index (χ0n) is 16.3. The van der Waals surface area contributed by atoms with Crippen LogP contribution in [0.3, 0.4) is 0 Å². The summed E-state index contributed by atoms with van der Waals surface area (Å²) in [4.78, 5) is 0. The van der Waals surface area contributed by atoms with Crippen molar-refractivity contribution in [1.82, 2.24) is 0 Å². The lowest BCUT2D eigenvalue weighted by Gasteiger charge is -2.49. The monoisotopic (exact) mass is 398 g/mol. The second kappa shape index (κ2) is 5.13. The third kappa shape index (κ3) is 1.49. The van der Waals surface area contributed by atoms with E-state index in [1.807, 2.05) is 6.92 Å². The van der Waals surface area contributed by atoms with Crippen molar-refractivity contribution in [2.45, 2.75) is 83.5 Å². The van der Waals surface area contributed by atoms with Crippen LogP contribution in [0.1, 0.15) is 41.5 Å². The Labute approximate surface area is 166 Å². The van der Waals surface area contributed by atoms with E-state index in [2.05, 4.69) is 20.8 Å². The lowest BCUT2D eigenvalue weighted by molar-refractivity contribution is -0.244. The van der Waals surface area contributed by atoms with E-state index in [4.69, 9.17) is 18.9 Å². The first-order valence-electron chi connectivity index (χ1n) is 10.2. The van der Waals surface area contributed by atoms with Crippen LogP contribution in [0.4, 0.5) is 0 Å². The fourth-order valence-electron chi connectivity index (χ4n) is 8.61. The molecule has 6 rings (SSSR count). The SMILES string of the molecule is C.C[C@@H]1COC2CC34C5OC[C@]3(O[C@@H]3OC[C@H](O)C34[C@H](C(C)(C)C)[C@H]5O)[C@]21O. The highest BCUT2D eigenvalue weighted by Gasteiger charge is 2.97. The maximum Gasteiger partial charge on any atom is 0.168 e. The van der Waals surface area contributed by atoms with E-state index in [-0.39, 0.29) is 44.0 Å². The van der Waals surface area contributed by atoms with Gasteiger partial charge in [-0.3, -0.25) is 0 Å². The van der Waals surface area contributed by atoms with Gasteiger partial charge in [0.1, 0.15) is 11.2 Å². The van der Waals surface area contributed by atoms with Gasteiger partial charge in [-0.2, -0.15) is 0 Å². The van der Waals surface area contributed by atoms with Crippen LogP contribution in [0.5, 0.6) is 0 Å². The third-order valence-electron chi connectivity index (χ3n) is 9.14. The van der Waals surface area contributed by atoms with Gasteiger partial charge in [0.05, 0.1) is 49.7 Å². The van der Waals surface area contributed by atoms with E-state index in [0.717, 1.165) is 0 Å². The van der Waals surface area contributed by atoms with Crippen LogP contribution < -0.4 is 0 Å². The van der Waals surface area contributed by atoms with E-state index >= 15 is 0 Å². The molecule has 2 aliphatic carbocycles. The quantitative estimate of drug-likeness (QED) is 0.552. The number of hydrogen-bond donors (Lipinski definition) is 3. The first-order valence-corrected chi connectivity index (χ1v) is 10.2. The number of rotatable bonds is 0. The van der Waals surface area contributed by atoms with E-state index in [9.17, 15) is 15.3 Å². The molecule has 3 N–H and O–H groups in total. The minimum Gasteiger partial charge on any atom is -0.390 e. The maximum absolute atomic E-state index is 12.0. The zero-order valence-corrected chi connectivity index (χ0v) is 16.3. The van der Waals surface area contributed by atoms with Gasteiger partial charge in [-0.1, -0.05) is 35.1 Å². The average Bonchev–Trinajstić information content (AvgIpc) is 3.29. The van der Waals surface area contributed by atoms with Gasteiger partial charge in [-0.25, -0.2) is 0 Å². The lowest BCUT2D eigenvalue weighted by Crippen LogP contribution is -2.64. The summed E-state index contributed by atoms with van der Waals surface area (Å²) in [6.45, 7) is 9.07. The lowest BCUT2D eigenvalue weighted by atomic mass is 9.51. The smallest absolute Gasteiger partial charge is 0.168 e. The molecule has 0 amide bonds. The number of aliphatic hydroxyl groups is 3. The van der Waals surface area contributed by atoms with Crippen molar-refractivity contribution in [2.24, 2.45) is 28.1 Å². The third-order valence-corrected chi connectivity index (χ3v) is 9.14. The van der Waals surface area contributed by atoms with Gasteiger partial charge in [0.2, 0.25) is 0 Å². The van der Waals surface area contributed by atoms with Crippen LogP contribution in [-0.2, 0) is 18.9 Å². The van der Waals surface area contributed by atoms with Gasteiger partial charge in [-0.05, 0) is 11.8 Å². The summed E-state index contributed by atoms with van der Waals surface area (Å²) in [5.41, 5.74) is -4.10. The molecule has 6 aliphatic rings. The molecule has 2 spiro atoms. The number of fused-ring (bicyclic) bond motifs is 1. The highest BCUT2D eigenvalue weighted by Crippen LogP contribution is 2.84. The summed E-state index contributed by atoms with van der Waals surface area (Å²) >= 11 is 0. The molecule has 2 saturated carbocycles. The molecule has 7 heteroatoms. The number of aliphatic hydroxyl groups excluding tert-OH is 2. The fraction of sp³-hybridized carbons (Fsp3) is 1.00. The van der Waals surface area contributed by atoms with E-state index in [1.54, 1.807) is 0 Å². The van der Waals surface area contributed by atoms with E-state index < -0.39 is 46.6 Å². The Morgan fingerprint density at radius 2 is 1.75 bits per heavy atom. The molecule has 6 fully saturated rings. The molecule has 160 valence electrons. The number of hydrogen-bond acceptors (Lipinski definition) is 7. The van der Waals surface area contributed by atoms with Gasteiger partial charge in [0.15, 0.2) is 6.29 Å². The molecule has 4 heterocycles. The van der Waals surface area contributed by atoms with Gasteiger partial charge in [0.25, 0.3) is 0 Å². The normalized spacial score (nSPS) is 63.8. The van der Waals surface area contributed by atoms with Crippen LogP contribution >= 0.6 is 0 Å². The topological polar surface area (TPSA) is 97.6 Å². The molecule has 7 nitrogen and oxygen atoms in total. The van der Waals surface area contributed by atoms with Crippen molar-refractivity contribution in [1.29, 1.82) is 0 Å². The Bertz CT molecular complexity index is 707. The second-order valence-electron chi connectivity index (χ2n) is 10.8. The highest BCUT2D eigenvalue weighted by molar-refractivity contribution is 5.42. The molecule has 4 unspecified atom stereocenters. The Kier molecular flexibility index (Phi) is 3.60. The molecule has 0 aromatic carbocycles. The van der Waals surface area contributed by atoms with Gasteiger partial charge < -0.3 is 34.3 Å². The standard InChI is InChI=1S/C20H30O7.CH4/c1-9-6-24-11-5-17-14-12(22)13(16(2,3)4)19(17)10(21)7-25-15(19)27-18(17,8-26-14)20(9,11)23;/h9-15,21-23H,5-8H2,1-4H3;1H4/t9-,10+,11?,12-,13+,14?,15+,17?,18-,19?,20-;/m1./s1. The van der Waals surface area contributed by atoms with Crippen molar-refractivity contribution in [2.75, 3.05) is 19.8 Å². The van der Waals surface area contributed by atoms with Crippen molar-refractivity contribution in [3.05, 3.63) is 0 Å². The number of ether oxygens (including phenoxy) is 4. The molecule has 4 saturated heterocycles. The Morgan fingerprint density at radius 3 is 2.43 bits per heavy atom. The van der Waals surface area contributed by atoms with Crippen molar-refractivity contribution < 1.29 is 34.3 Å². The predicted octanol–water partition coefficient (Wildman–Crippen LogP) is 0.687. The highest BCUT2D eigenvalue weighted by atomic mass is 16.7. The van der Waals surface area contributed by atoms with Crippen LogP contribution in [-0.4, -0.2) is 77.0 Å². The molecule has 0 radical (unpaired) electrons. The minimum absolute atomic E-state index is 0.